The highest BCUT2D eigenvalue weighted by Gasteiger charge is 2.16. The van der Waals surface area contributed by atoms with Crippen LogP contribution in [0, 0.1) is 0 Å². The van der Waals surface area contributed by atoms with E-state index in [9.17, 15) is 14.4 Å². The molecule has 140 valence electrons. The van der Waals surface area contributed by atoms with Crippen LogP contribution in [0.25, 0.3) is 0 Å². The van der Waals surface area contributed by atoms with Crippen molar-refractivity contribution in [1.29, 1.82) is 0 Å². The molecular weight excluding hydrogens is 346 g/mol. The zero-order valence-corrected chi connectivity index (χ0v) is 15.0. The van der Waals surface area contributed by atoms with Crippen molar-refractivity contribution in [2.75, 3.05) is 31.6 Å². The summed E-state index contributed by atoms with van der Waals surface area (Å²) < 4.78 is 4.64. The number of benzene rings is 2. The first-order valence-corrected chi connectivity index (χ1v) is 8.64. The summed E-state index contributed by atoms with van der Waals surface area (Å²) in [5.41, 5.74) is 2.81. The highest BCUT2D eigenvalue weighted by molar-refractivity contribution is 5.96. The molecule has 7 nitrogen and oxygen atoms in total. The number of hydrogen-bond acceptors (Lipinski definition) is 5. The van der Waals surface area contributed by atoms with E-state index in [0.29, 0.717) is 30.8 Å². The highest BCUT2D eigenvalue weighted by atomic mass is 16.5. The molecule has 1 saturated heterocycles. The molecule has 2 aromatic rings. The minimum atomic E-state index is -0.437. The van der Waals surface area contributed by atoms with Crippen LogP contribution in [0.5, 0.6) is 0 Å². The number of methoxy groups -OCH3 is 1. The van der Waals surface area contributed by atoms with Gasteiger partial charge in [-0.3, -0.25) is 9.59 Å². The first-order valence-electron chi connectivity index (χ1n) is 8.64. The monoisotopic (exact) mass is 367 g/mol. The molecule has 2 aromatic carbocycles. The van der Waals surface area contributed by atoms with Crippen molar-refractivity contribution in [3.63, 3.8) is 0 Å². The molecular formula is C20H21N3O4. The quantitative estimate of drug-likeness (QED) is 0.779. The van der Waals surface area contributed by atoms with Gasteiger partial charge in [0.25, 0.3) is 5.91 Å². The van der Waals surface area contributed by atoms with Gasteiger partial charge in [-0.1, -0.05) is 12.1 Å². The van der Waals surface area contributed by atoms with E-state index in [0.717, 1.165) is 17.8 Å². The number of anilines is 1. The highest BCUT2D eigenvalue weighted by Crippen LogP contribution is 2.16. The third-order valence-electron chi connectivity index (χ3n) is 4.36. The predicted molar refractivity (Wildman–Crippen MR) is 101 cm³/mol. The molecule has 1 aliphatic rings. The Morgan fingerprint density at radius 2 is 1.74 bits per heavy atom. The Labute approximate surface area is 157 Å². The third kappa shape index (κ3) is 4.63. The SMILES string of the molecule is COC(=O)c1ccc(C(=O)NCc2ccc(N3CCNC(=O)C3)cc2)cc1. The second-order valence-electron chi connectivity index (χ2n) is 6.19. The Kier molecular flexibility index (Phi) is 5.71. The average molecular weight is 367 g/mol. The van der Waals surface area contributed by atoms with Crippen LogP contribution in [0.4, 0.5) is 5.69 Å². The predicted octanol–water partition coefficient (Wildman–Crippen LogP) is 1.34. The van der Waals surface area contributed by atoms with Gasteiger partial charge < -0.3 is 20.3 Å². The summed E-state index contributed by atoms with van der Waals surface area (Å²) in [4.78, 5) is 37.1. The van der Waals surface area contributed by atoms with E-state index >= 15 is 0 Å². The van der Waals surface area contributed by atoms with Gasteiger partial charge in [-0.25, -0.2) is 4.79 Å². The lowest BCUT2D eigenvalue weighted by atomic mass is 10.1. The second kappa shape index (κ2) is 8.35. The van der Waals surface area contributed by atoms with E-state index < -0.39 is 5.97 Å². The topological polar surface area (TPSA) is 87.7 Å². The van der Waals surface area contributed by atoms with E-state index in [1.165, 1.54) is 7.11 Å². The van der Waals surface area contributed by atoms with Crippen molar-refractivity contribution < 1.29 is 19.1 Å². The summed E-state index contributed by atoms with van der Waals surface area (Å²) in [6, 6.07) is 14.1. The van der Waals surface area contributed by atoms with E-state index in [2.05, 4.69) is 15.4 Å². The lowest BCUT2D eigenvalue weighted by Crippen LogP contribution is -2.47. The van der Waals surface area contributed by atoms with Crippen molar-refractivity contribution in [3.05, 3.63) is 65.2 Å². The molecule has 2 N–H and O–H groups in total. The first-order chi connectivity index (χ1) is 13.1. The Morgan fingerprint density at radius 3 is 2.37 bits per heavy atom. The van der Waals surface area contributed by atoms with Crippen LogP contribution in [0.1, 0.15) is 26.3 Å². The maximum Gasteiger partial charge on any atom is 0.337 e. The number of piperazine rings is 1. The number of amides is 2. The molecule has 3 rings (SSSR count). The lowest BCUT2D eigenvalue weighted by molar-refractivity contribution is -0.120. The zero-order valence-electron chi connectivity index (χ0n) is 15.0. The van der Waals surface area contributed by atoms with Gasteiger partial charge in [0.15, 0.2) is 0 Å². The van der Waals surface area contributed by atoms with Crippen LogP contribution in [-0.2, 0) is 16.1 Å². The molecule has 0 atom stereocenters. The standard InChI is InChI=1S/C20H21N3O4/c1-27-20(26)16-6-4-15(5-7-16)19(25)22-12-14-2-8-17(9-3-14)23-11-10-21-18(24)13-23/h2-9H,10-13H2,1H3,(H,21,24)(H,22,25). The normalized spacial score (nSPS) is 13.7. The number of ether oxygens (including phenoxy) is 1. The Balaban J connectivity index is 1.55. The van der Waals surface area contributed by atoms with Crippen molar-refractivity contribution in [3.8, 4) is 0 Å². The fourth-order valence-electron chi connectivity index (χ4n) is 2.84. The van der Waals surface area contributed by atoms with Crippen molar-refractivity contribution >= 4 is 23.5 Å². The first kappa shape index (κ1) is 18.4. The zero-order chi connectivity index (χ0) is 19.2. The van der Waals surface area contributed by atoms with Crippen LogP contribution in [0.2, 0.25) is 0 Å². The molecule has 0 radical (unpaired) electrons. The Morgan fingerprint density at radius 1 is 1.07 bits per heavy atom. The van der Waals surface area contributed by atoms with E-state index in [1.807, 2.05) is 29.2 Å². The van der Waals surface area contributed by atoms with E-state index in [1.54, 1.807) is 24.3 Å². The van der Waals surface area contributed by atoms with Gasteiger partial charge >= 0.3 is 5.97 Å². The average Bonchev–Trinajstić information content (AvgIpc) is 2.72. The summed E-state index contributed by atoms with van der Waals surface area (Å²) in [5.74, 6) is -0.632. The van der Waals surface area contributed by atoms with Crippen molar-refractivity contribution in [2.45, 2.75) is 6.54 Å². The molecule has 0 spiro atoms. The van der Waals surface area contributed by atoms with Gasteiger partial charge in [0.2, 0.25) is 5.91 Å². The summed E-state index contributed by atoms with van der Waals surface area (Å²) in [7, 11) is 1.31. The molecule has 0 aromatic heterocycles. The van der Waals surface area contributed by atoms with Crippen LogP contribution in [0.15, 0.2) is 48.5 Å². The maximum absolute atomic E-state index is 12.2. The number of nitrogens with zero attached hydrogens (tertiary/aromatic N) is 1. The maximum atomic E-state index is 12.2. The number of esters is 1. The molecule has 2 amide bonds. The Hall–Kier alpha value is -3.35. The molecule has 1 fully saturated rings. The number of hydrogen-bond donors (Lipinski definition) is 2. The van der Waals surface area contributed by atoms with E-state index in [-0.39, 0.29) is 11.8 Å². The van der Waals surface area contributed by atoms with Crippen LogP contribution in [0.3, 0.4) is 0 Å². The van der Waals surface area contributed by atoms with Gasteiger partial charge in [-0.2, -0.15) is 0 Å². The summed E-state index contributed by atoms with van der Waals surface area (Å²) in [6.45, 7) is 2.17. The van der Waals surface area contributed by atoms with Gasteiger partial charge in [0, 0.05) is 30.9 Å². The fraction of sp³-hybridized carbons (Fsp3) is 0.250. The molecule has 7 heteroatoms. The van der Waals surface area contributed by atoms with Crippen LogP contribution in [-0.4, -0.2) is 44.5 Å². The molecule has 0 saturated carbocycles. The number of carbonyl (C=O) groups excluding carboxylic acids is 3. The molecule has 0 bridgehead atoms. The lowest BCUT2D eigenvalue weighted by Gasteiger charge is -2.28. The molecule has 27 heavy (non-hydrogen) atoms. The van der Waals surface area contributed by atoms with Gasteiger partial charge in [-0.05, 0) is 42.0 Å². The molecule has 1 heterocycles. The summed E-state index contributed by atoms with van der Waals surface area (Å²) >= 11 is 0. The van der Waals surface area contributed by atoms with Crippen LogP contribution >= 0.6 is 0 Å². The van der Waals surface area contributed by atoms with Gasteiger partial charge in [-0.15, -0.1) is 0 Å². The smallest absolute Gasteiger partial charge is 0.337 e. The Bertz CT molecular complexity index is 831. The minimum Gasteiger partial charge on any atom is -0.465 e. The molecule has 0 aliphatic carbocycles. The number of rotatable bonds is 5. The fourth-order valence-corrected chi connectivity index (χ4v) is 2.84. The van der Waals surface area contributed by atoms with Crippen molar-refractivity contribution in [2.24, 2.45) is 0 Å². The molecule has 1 aliphatic heterocycles. The third-order valence-corrected chi connectivity index (χ3v) is 4.36. The summed E-state index contributed by atoms with van der Waals surface area (Å²) in [6.07, 6.45) is 0. The summed E-state index contributed by atoms with van der Waals surface area (Å²) in [5, 5.41) is 5.65. The molecule has 0 unspecified atom stereocenters. The minimum absolute atomic E-state index is 0.0239. The second-order valence-corrected chi connectivity index (χ2v) is 6.19. The van der Waals surface area contributed by atoms with Gasteiger partial charge in [0.05, 0.1) is 19.2 Å². The number of nitrogens with one attached hydrogen (secondary N) is 2. The van der Waals surface area contributed by atoms with E-state index in [4.69, 9.17) is 0 Å². The number of carbonyl (C=O) groups is 3. The van der Waals surface area contributed by atoms with Crippen molar-refractivity contribution in [1.82, 2.24) is 10.6 Å². The largest absolute Gasteiger partial charge is 0.465 e. The van der Waals surface area contributed by atoms with Crippen LogP contribution < -0.4 is 15.5 Å². The van der Waals surface area contributed by atoms with Gasteiger partial charge in [0.1, 0.15) is 0 Å².